The molecule has 1 fully saturated rings. The highest BCUT2D eigenvalue weighted by Crippen LogP contribution is 2.38. The zero-order valence-electron chi connectivity index (χ0n) is 13.4. The summed E-state index contributed by atoms with van der Waals surface area (Å²) in [5.41, 5.74) is 1.18. The van der Waals surface area contributed by atoms with E-state index in [2.05, 4.69) is 4.98 Å². The summed E-state index contributed by atoms with van der Waals surface area (Å²) >= 11 is 1.58. The van der Waals surface area contributed by atoms with Crippen molar-refractivity contribution in [2.24, 2.45) is 5.92 Å². The normalized spacial score (nSPS) is 25.0. The van der Waals surface area contributed by atoms with Gasteiger partial charge in [0.05, 0.1) is 0 Å². The molecule has 0 saturated carbocycles. The molecule has 1 aromatic rings. The van der Waals surface area contributed by atoms with Gasteiger partial charge in [0.2, 0.25) is 0 Å². The van der Waals surface area contributed by atoms with Gasteiger partial charge in [0.1, 0.15) is 5.69 Å². The molecule has 1 aromatic heterocycles. The number of alkyl halides is 3. The zero-order valence-corrected chi connectivity index (χ0v) is 14.2. The monoisotopic (exact) mass is 346 g/mol. The van der Waals surface area contributed by atoms with Gasteiger partial charge in [0.15, 0.2) is 0 Å². The summed E-state index contributed by atoms with van der Waals surface area (Å²) in [5.74, 6) is -0.168. The van der Waals surface area contributed by atoms with Crippen molar-refractivity contribution in [2.45, 2.75) is 50.7 Å². The maximum atomic E-state index is 12.8. The highest BCUT2D eigenvalue weighted by atomic mass is 32.2. The first kappa shape index (κ1) is 18.1. The minimum Gasteiger partial charge on any atom is -0.332 e. The second-order valence-corrected chi connectivity index (χ2v) is 6.93. The quantitative estimate of drug-likeness (QED) is 0.822. The molecule has 3 nitrogen and oxygen atoms in total. The highest BCUT2D eigenvalue weighted by molar-refractivity contribution is 7.97. The second kappa shape index (κ2) is 7.11. The summed E-state index contributed by atoms with van der Waals surface area (Å²) in [7, 11) is 0. The number of carbonyl (C=O) groups is 1. The molecule has 1 aliphatic heterocycles. The van der Waals surface area contributed by atoms with Crippen LogP contribution in [0, 0.1) is 5.92 Å². The maximum Gasteiger partial charge on any atom is 0.389 e. The number of rotatable bonds is 4. The third-order valence-electron chi connectivity index (χ3n) is 4.36. The van der Waals surface area contributed by atoms with E-state index >= 15 is 0 Å². The van der Waals surface area contributed by atoms with Crippen LogP contribution in [0.3, 0.4) is 0 Å². The van der Waals surface area contributed by atoms with Crippen LogP contribution in [-0.4, -0.2) is 40.3 Å². The molecule has 0 radical (unpaired) electrons. The lowest BCUT2D eigenvalue weighted by molar-refractivity contribution is -0.145. The Balaban J connectivity index is 2.22. The number of nitrogens with zero attached hydrogens (tertiary/aromatic N) is 2. The molecule has 23 heavy (non-hydrogen) atoms. The molecule has 3 unspecified atom stereocenters. The van der Waals surface area contributed by atoms with E-state index in [9.17, 15) is 18.0 Å². The Kier molecular flexibility index (Phi) is 5.60. The Morgan fingerprint density at radius 3 is 2.74 bits per heavy atom. The smallest absolute Gasteiger partial charge is 0.332 e. The average Bonchev–Trinajstić information content (AvgIpc) is 2.72. The fourth-order valence-electron chi connectivity index (χ4n) is 3.34. The molecule has 0 spiro atoms. The van der Waals surface area contributed by atoms with E-state index in [0.29, 0.717) is 17.9 Å². The third-order valence-corrected chi connectivity index (χ3v) is 4.96. The summed E-state index contributed by atoms with van der Waals surface area (Å²) in [4.78, 5) is 18.6. The molecular formula is C16H21F3N2OS. The predicted octanol–water partition coefficient (Wildman–Crippen LogP) is 4.14. The van der Waals surface area contributed by atoms with Crippen molar-refractivity contribution in [3.63, 3.8) is 0 Å². The van der Waals surface area contributed by atoms with E-state index in [1.165, 1.54) is 0 Å². The number of thioether (sulfide) groups is 1. The lowest BCUT2D eigenvalue weighted by Gasteiger charge is -2.28. The van der Waals surface area contributed by atoms with Gasteiger partial charge in [0, 0.05) is 30.5 Å². The van der Waals surface area contributed by atoms with Crippen LogP contribution in [0.15, 0.2) is 18.3 Å². The van der Waals surface area contributed by atoms with Crippen molar-refractivity contribution >= 4 is 17.7 Å². The molecule has 128 valence electrons. The van der Waals surface area contributed by atoms with E-state index in [0.717, 1.165) is 5.56 Å². The lowest BCUT2D eigenvalue weighted by atomic mass is 9.96. The molecule has 0 bridgehead atoms. The molecule has 2 heterocycles. The lowest BCUT2D eigenvalue weighted by Crippen LogP contribution is -2.41. The fourth-order valence-corrected chi connectivity index (χ4v) is 3.88. The van der Waals surface area contributed by atoms with Crippen molar-refractivity contribution in [1.82, 2.24) is 9.88 Å². The first-order chi connectivity index (χ1) is 10.7. The maximum absolute atomic E-state index is 12.8. The zero-order chi connectivity index (χ0) is 17.2. The summed E-state index contributed by atoms with van der Waals surface area (Å²) in [5, 5.41) is 0. The molecule has 7 heteroatoms. The van der Waals surface area contributed by atoms with Gasteiger partial charge in [-0.2, -0.15) is 24.9 Å². The second-order valence-electron chi connectivity index (χ2n) is 6.06. The Morgan fingerprint density at radius 1 is 1.43 bits per heavy atom. The van der Waals surface area contributed by atoms with Gasteiger partial charge in [-0.25, -0.2) is 0 Å². The van der Waals surface area contributed by atoms with E-state index in [4.69, 9.17) is 0 Å². The molecule has 0 aromatic carbocycles. The van der Waals surface area contributed by atoms with Crippen molar-refractivity contribution in [2.75, 3.05) is 6.26 Å². The number of carbonyl (C=O) groups excluding carboxylic acids is 1. The van der Waals surface area contributed by atoms with E-state index in [1.807, 2.05) is 19.2 Å². The first-order valence-corrected chi connectivity index (χ1v) is 8.96. The van der Waals surface area contributed by atoms with Crippen LogP contribution in [0.5, 0.6) is 0 Å². The summed E-state index contributed by atoms with van der Waals surface area (Å²) in [6, 6.07) is 2.96. The first-order valence-electron chi connectivity index (χ1n) is 7.57. The molecule has 3 atom stereocenters. The fraction of sp³-hybridized carbons (Fsp3) is 0.625. The Bertz CT molecular complexity index is 565. The van der Waals surface area contributed by atoms with Crippen molar-refractivity contribution in [1.29, 1.82) is 0 Å². The number of hydrogen-bond acceptors (Lipinski definition) is 3. The number of pyridine rings is 1. The summed E-state index contributed by atoms with van der Waals surface area (Å²) < 4.78 is 38.1. The van der Waals surface area contributed by atoms with E-state index in [1.54, 1.807) is 35.8 Å². The summed E-state index contributed by atoms with van der Waals surface area (Å²) in [6.07, 6.45) is -1.19. The number of amides is 1. The van der Waals surface area contributed by atoms with Crippen LogP contribution >= 0.6 is 11.8 Å². The molecule has 1 amide bonds. The number of hydrogen-bond donors (Lipinski definition) is 0. The minimum atomic E-state index is -4.20. The van der Waals surface area contributed by atoms with Crippen LogP contribution in [0.1, 0.15) is 42.7 Å². The number of halogens is 3. The number of aromatic nitrogens is 1. The predicted molar refractivity (Wildman–Crippen MR) is 85.3 cm³/mol. The van der Waals surface area contributed by atoms with Crippen molar-refractivity contribution in [3.05, 3.63) is 29.6 Å². The van der Waals surface area contributed by atoms with Gasteiger partial charge in [-0.3, -0.25) is 9.78 Å². The van der Waals surface area contributed by atoms with Gasteiger partial charge in [-0.1, -0.05) is 6.07 Å². The van der Waals surface area contributed by atoms with Crippen LogP contribution in [0.2, 0.25) is 0 Å². The van der Waals surface area contributed by atoms with Crippen LogP contribution in [0.25, 0.3) is 0 Å². The average molecular weight is 346 g/mol. The van der Waals surface area contributed by atoms with E-state index in [-0.39, 0.29) is 11.9 Å². The minimum absolute atomic E-state index is 0.214. The van der Waals surface area contributed by atoms with Gasteiger partial charge in [-0.05, 0) is 44.1 Å². The number of likely N-dealkylation sites (tertiary alicyclic amines) is 1. The van der Waals surface area contributed by atoms with Gasteiger partial charge in [-0.15, -0.1) is 0 Å². The molecule has 1 aliphatic rings. The molecule has 2 rings (SSSR count). The molecule has 1 saturated heterocycles. The van der Waals surface area contributed by atoms with Crippen molar-refractivity contribution in [3.8, 4) is 0 Å². The standard InChI is InChI=1S/C16H21F3N2OS/c1-10-7-13(8-16(17,18)19)11(2)21(10)15(22)14-12(9-23-3)5-4-6-20-14/h4-6,10-11,13H,7-9H2,1-3H3. The molecule has 0 N–H and O–H groups in total. The highest BCUT2D eigenvalue weighted by Gasteiger charge is 2.44. The largest absolute Gasteiger partial charge is 0.389 e. The Morgan fingerprint density at radius 2 is 2.13 bits per heavy atom. The SMILES string of the molecule is CSCc1cccnc1C(=O)N1C(C)CC(CC(F)(F)F)C1C. The van der Waals surface area contributed by atoms with E-state index < -0.39 is 24.6 Å². The third kappa shape index (κ3) is 4.19. The molecule has 0 aliphatic carbocycles. The Hall–Kier alpha value is -1.24. The van der Waals surface area contributed by atoms with Gasteiger partial charge < -0.3 is 4.90 Å². The van der Waals surface area contributed by atoms with Crippen LogP contribution < -0.4 is 0 Å². The van der Waals surface area contributed by atoms with Crippen LogP contribution in [0.4, 0.5) is 13.2 Å². The van der Waals surface area contributed by atoms with Gasteiger partial charge >= 0.3 is 6.18 Å². The summed E-state index contributed by atoms with van der Waals surface area (Å²) in [6.45, 7) is 3.51. The topological polar surface area (TPSA) is 33.2 Å². The Labute approximate surface area is 138 Å². The van der Waals surface area contributed by atoms with Crippen LogP contribution in [-0.2, 0) is 5.75 Å². The van der Waals surface area contributed by atoms with Gasteiger partial charge in [0.25, 0.3) is 5.91 Å². The van der Waals surface area contributed by atoms with Crippen molar-refractivity contribution < 1.29 is 18.0 Å². The molecular weight excluding hydrogens is 325 g/mol.